The fourth-order valence-electron chi connectivity index (χ4n) is 17.7. The minimum absolute atomic E-state index is 0.0143. The first kappa shape index (κ1) is 50.0. The average Bonchev–Trinajstić information content (AvgIpc) is 1.43. The van der Waals surface area contributed by atoms with Crippen LogP contribution in [0.3, 0.4) is 0 Å². The van der Waals surface area contributed by atoms with Crippen molar-refractivity contribution in [3.63, 3.8) is 0 Å². The number of hydrogen-bond donors (Lipinski definition) is 0. The maximum Gasteiger partial charge on any atom is 0.678 e. The normalized spacial score (nSPS) is 18.9. The van der Waals surface area contributed by atoms with Crippen LogP contribution < -0.4 is 0 Å². The molecule has 9 aliphatic rings. The summed E-state index contributed by atoms with van der Waals surface area (Å²) in [4.78, 5) is 5.89. The van der Waals surface area contributed by atoms with Crippen LogP contribution >= 0.6 is 45.2 Å². The molecule has 11 aromatic carbocycles. The Morgan fingerprint density at radius 2 is 0.721 bits per heavy atom. The van der Waals surface area contributed by atoms with E-state index in [-0.39, 0.29) is 23.7 Å². The quantitative estimate of drug-likeness (QED) is 0.112. The van der Waals surface area contributed by atoms with Crippen molar-refractivity contribution in [2.24, 2.45) is 4.99 Å². The largest absolute Gasteiger partial charge is 0.678 e. The fourth-order valence-corrected chi connectivity index (χ4v) is 19.7. The van der Waals surface area contributed by atoms with Crippen LogP contribution in [-0.4, -0.2) is 15.6 Å². The summed E-state index contributed by atoms with van der Waals surface area (Å²) >= 11 is 4.86. The van der Waals surface area contributed by atoms with Gasteiger partial charge in [-0.3, -0.25) is 8.63 Å². The second-order valence-electron chi connectivity index (χ2n) is 24.3. The van der Waals surface area contributed by atoms with Gasteiger partial charge in [0.15, 0.2) is 0 Å². The lowest BCUT2D eigenvalue weighted by atomic mass is 9.58. The zero-order valence-corrected chi connectivity index (χ0v) is 50.8. The van der Waals surface area contributed by atoms with Crippen LogP contribution in [0, 0.1) is 3.70 Å². The lowest BCUT2D eigenvalue weighted by molar-refractivity contribution is 0.523. The van der Waals surface area contributed by atoms with Crippen molar-refractivity contribution in [3.8, 4) is 89.0 Å². The molecule has 406 valence electrons. The molecule has 0 spiro atoms. The molecule has 4 bridgehead atoms. The lowest BCUT2D eigenvalue weighted by Gasteiger charge is -2.44. The van der Waals surface area contributed by atoms with Gasteiger partial charge in [-0.1, -0.05) is 224 Å². The van der Waals surface area contributed by atoms with Gasteiger partial charge in [0.1, 0.15) is 3.72 Å². The number of hydrogen-bond acceptors (Lipinski definition) is 1. The summed E-state index contributed by atoms with van der Waals surface area (Å²) in [6.45, 7) is 0. The topological polar surface area (TPSA) is 17.3 Å². The highest BCUT2D eigenvalue weighted by Crippen LogP contribution is 2.70. The van der Waals surface area contributed by atoms with Crippen molar-refractivity contribution in [3.05, 3.63) is 290 Å². The molecule has 0 saturated heterocycles. The minimum atomic E-state index is -2.83. The van der Waals surface area contributed by atoms with Crippen LogP contribution in [0.25, 0.3) is 116 Å². The van der Waals surface area contributed by atoms with E-state index in [2.05, 4.69) is 264 Å². The molecule has 21 rings (SSSR count). The zero-order chi connectivity index (χ0) is 56.8. The Morgan fingerprint density at radius 3 is 1.12 bits per heavy atom. The first-order valence-corrected chi connectivity index (χ1v) is 32.3. The number of halogens is 4. The third-order valence-corrected chi connectivity index (χ3v) is 22.4. The fraction of sp³-hybridized carbons (Fsp3) is 0.101. The predicted molar refractivity (Wildman–Crippen MR) is 368 cm³/mol. The number of fused-ring (bicyclic) bond motifs is 8. The second-order valence-corrected chi connectivity index (χ2v) is 26.4. The molecular formula is C79H49BF2I2N2. The summed E-state index contributed by atoms with van der Waals surface area (Å²) in [5.41, 5.74) is 32.9. The Bertz CT molecular complexity index is 5090. The van der Waals surface area contributed by atoms with Crippen LogP contribution in [-0.2, 0) is 0 Å². The molecule has 12 aromatic rings. The molecule has 4 atom stereocenters. The van der Waals surface area contributed by atoms with E-state index in [9.17, 15) is 0 Å². The first-order chi connectivity index (χ1) is 42.4. The number of aliphatic imine (C=N–C) groups is 1. The van der Waals surface area contributed by atoms with E-state index in [1.807, 2.05) is 6.07 Å². The van der Waals surface area contributed by atoms with Gasteiger partial charge in [0.25, 0.3) is 0 Å². The number of allylic oxidation sites excluding steroid dienone is 2. The van der Waals surface area contributed by atoms with E-state index in [1.54, 1.807) is 0 Å². The first-order valence-electron chi connectivity index (χ1n) is 30.2. The van der Waals surface area contributed by atoms with Crippen molar-refractivity contribution in [1.82, 2.24) is 4.48 Å². The lowest BCUT2D eigenvalue weighted by Crippen LogP contribution is -2.29. The molecule has 2 heterocycles. The van der Waals surface area contributed by atoms with Gasteiger partial charge < -0.3 is 4.48 Å². The van der Waals surface area contributed by atoms with E-state index >= 15 is 8.63 Å². The van der Waals surface area contributed by atoms with Crippen molar-refractivity contribution in [2.45, 2.75) is 49.4 Å². The standard InChI is InChI=1S/C79H49BF2I2N2/c81-80(82)86-77(73-54-39-41-56(75(73)79(86)84)71-62(47-26-12-4-13-27-47)67-52-37-19-33-43-31-17-35-50(58(43)52)65(67)60(69(54)71)45-22-8-2-9-23-45)63(48-28-14-5-15-29-48)76-72-53-38-40-55(74(72)78(83)85-76)70-61(46-24-10-3-11-25-46)66-51-36-18-32-42-30-16-34-49(57(42)51)64(66)59(68(53)70)44-20-6-1-7-21-44/h1-37,53-56H,38-41H2/b76-63-. The molecule has 7 heteroatoms. The molecule has 0 N–H and O–H groups in total. The summed E-state index contributed by atoms with van der Waals surface area (Å²) in [5.74, 6) is -0.415. The van der Waals surface area contributed by atoms with Crippen molar-refractivity contribution >= 4 is 83.4 Å². The Morgan fingerprint density at radius 1 is 0.372 bits per heavy atom. The molecule has 1 aromatic heterocycles. The summed E-state index contributed by atoms with van der Waals surface area (Å²) in [6, 6.07) is 81.8. The van der Waals surface area contributed by atoms with Crippen molar-refractivity contribution in [2.75, 3.05) is 0 Å². The summed E-state index contributed by atoms with van der Waals surface area (Å²) in [7, 11) is -2.83. The summed E-state index contributed by atoms with van der Waals surface area (Å²) in [6.07, 6.45) is 3.57. The molecular weight excluding hydrogens is 1280 g/mol. The van der Waals surface area contributed by atoms with Crippen molar-refractivity contribution < 1.29 is 8.63 Å². The Kier molecular flexibility index (Phi) is 10.8. The Labute approximate surface area is 525 Å². The molecule has 1 aliphatic heterocycles. The van der Waals surface area contributed by atoms with Crippen LogP contribution in [0.15, 0.2) is 246 Å². The smallest absolute Gasteiger partial charge is 0.320 e. The summed E-state index contributed by atoms with van der Waals surface area (Å²) in [5, 5.41) is 5.05. The highest BCUT2D eigenvalue weighted by molar-refractivity contribution is 14.1. The van der Waals surface area contributed by atoms with Gasteiger partial charge in [-0.05, 0) is 232 Å². The van der Waals surface area contributed by atoms with Gasteiger partial charge in [-0.25, -0.2) is 4.99 Å². The van der Waals surface area contributed by atoms with Gasteiger partial charge >= 0.3 is 7.40 Å². The SMILES string of the molecule is FB(F)n1c(I)c2c(c1/C(=C1\N=C(I)C3=C1C1CCC3c3c(-c4ccccc4)c4c(c(-c5ccccc5)c31)-c1cccc3cccc-4c13)c1ccccc1)C1CCC2c2c(-c3ccccc3)c3c(c(-c4ccccc4)c21)-c1cccc2cccc-3c12. The molecule has 0 radical (unpaired) electrons. The Balaban J connectivity index is 0.923. The van der Waals surface area contributed by atoms with E-state index in [1.165, 1.54) is 137 Å². The number of benzene rings is 11. The molecule has 8 aliphatic carbocycles. The van der Waals surface area contributed by atoms with Crippen molar-refractivity contribution in [1.29, 1.82) is 0 Å². The number of aromatic nitrogens is 1. The number of nitrogens with zero attached hydrogens (tertiary/aromatic N) is 2. The predicted octanol–water partition coefficient (Wildman–Crippen LogP) is 22.1. The van der Waals surface area contributed by atoms with Gasteiger partial charge in [0.05, 0.1) is 9.40 Å². The van der Waals surface area contributed by atoms with Crippen LogP contribution in [0.2, 0.25) is 0 Å². The maximum absolute atomic E-state index is 17.3. The van der Waals surface area contributed by atoms with E-state index in [0.29, 0.717) is 9.39 Å². The molecule has 4 unspecified atom stereocenters. The van der Waals surface area contributed by atoms with Gasteiger partial charge in [0, 0.05) is 34.9 Å². The monoisotopic (exact) mass is 1330 g/mol. The van der Waals surface area contributed by atoms with E-state index in [4.69, 9.17) is 4.99 Å². The van der Waals surface area contributed by atoms with Gasteiger partial charge in [0.2, 0.25) is 0 Å². The average molecular weight is 1330 g/mol. The molecule has 0 saturated carbocycles. The van der Waals surface area contributed by atoms with E-state index < -0.39 is 7.40 Å². The number of rotatable bonds is 7. The van der Waals surface area contributed by atoms with Crippen LogP contribution in [0.1, 0.15) is 94.0 Å². The van der Waals surface area contributed by atoms with Crippen LogP contribution in [0.4, 0.5) is 8.63 Å². The second kappa shape index (κ2) is 18.6. The maximum atomic E-state index is 17.3. The van der Waals surface area contributed by atoms with Gasteiger partial charge in [-0.2, -0.15) is 0 Å². The third-order valence-electron chi connectivity index (χ3n) is 20.5. The Hall–Kier alpha value is -8.25. The van der Waals surface area contributed by atoms with Crippen LogP contribution in [0.5, 0.6) is 0 Å². The molecule has 0 fully saturated rings. The third kappa shape index (κ3) is 6.57. The molecule has 86 heavy (non-hydrogen) atoms. The highest BCUT2D eigenvalue weighted by Gasteiger charge is 2.53. The van der Waals surface area contributed by atoms with Gasteiger partial charge in [-0.15, -0.1) is 0 Å². The zero-order valence-electron chi connectivity index (χ0n) is 46.5. The molecule has 0 amide bonds. The summed E-state index contributed by atoms with van der Waals surface area (Å²) < 4.78 is 37.7. The molecule has 2 nitrogen and oxygen atoms in total. The van der Waals surface area contributed by atoms with E-state index in [0.717, 1.165) is 68.5 Å². The highest BCUT2D eigenvalue weighted by atomic mass is 127. The minimum Gasteiger partial charge on any atom is -0.320 e.